The molecule has 5 nitrogen and oxygen atoms in total. The number of anilines is 1. The average molecular weight is 260 g/mol. The van der Waals surface area contributed by atoms with Crippen LogP contribution in [0.4, 0.5) is 5.82 Å². The van der Waals surface area contributed by atoms with Gasteiger partial charge in [-0.1, -0.05) is 23.7 Å². The summed E-state index contributed by atoms with van der Waals surface area (Å²) in [4.78, 5) is 12.8. The fourth-order valence-corrected chi connectivity index (χ4v) is 2.09. The van der Waals surface area contributed by atoms with E-state index in [-0.39, 0.29) is 6.54 Å². The van der Waals surface area contributed by atoms with Crippen LogP contribution in [-0.2, 0) is 6.54 Å². The summed E-state index contributed by atoms with van der Waals surface area (Å²) in [6.07, 6.45) is 0. The Hall–Kier alpha value is -1.98. The molecule has 0 aliphatic heterocycles. The summed E-state index contributed by atoms with van der Waals surface area (Å²) in [5.74, 6) is 0.855. The van der Waals surface area contributed by atoms with Crippen LogP contribution >= 0.6 is 11.6 Å². The van der Waals surface area contributed by atoms with Crippen molar-refractivity contribution in [1.82, 2.24) is 15.0 Å². The van der Waals surface area contributed by atoms with Crippen LogP contribution in [0.25, 0.3) is 21.9 Å². The molecule has 0 saturated heterocycles. The molecule has 90 valence electrons. The van der Waals surface area contributed by atoms with E-state index in [0.29, 0.717) is 33.2 Å². The number of nitrogen functional groups attached to an aromatic ring is 1. The number of halogens is 1. The normalized spacial score (nSPS) is 11.2. The molecule has 0 saturated carbocycles. The first-order valence-corrected chi connectivity index (χ1v) is 5.78. The fourth-order valence-electron chi connectivity index (χ4n) is 1.86. The van der Waals surface area contributed by atoms with E-state index in [2.05, 4.69) is 15.0 Å². The van der Waals surface area contributed by atoms with Crippen molar-refractivity contribution in [2.45, 2.75) is 6.54 Å². The fraction of sp³-hybridized carbons (Fsp3) is 0.0833. The number of hydrogen-bond donors (Lipinski definition) is 2. The van der Waals surface area contributed by atoms with Crippen LogP contribution in [0.5, 0.6) is 0 Å². The van der Waals surface area contributed by atoms with Crippen molar-refractivity contribution < 1.29 is 0 Å². The highest BCUT2D eigenvalue weighted by Gasteiger charge is 2.09. The first-order valence-electron chi connectivity index (χ1n) is 5.40. The third-order valence-corrected chi connectivity index (χ3v) is 3.02. The summed E-state index contributed by atoms with van der Waals surface area (Å²) in [5, 5.41) is 2.20. The lowest BCUT2D eigenvalue weighted by Crippen LogP contribution is -2.06. The van der Waals surface area contributed by atoms with E-state index in [1.54, 1.807) is 6.07 Å². The smallest absolute Gasteiger partial charge is 0.165 e. The van der Waals surface area contributed by atoms with Gasteiger partial charge < -0.3 is 11.5 Å². The molecule has 0 spiro atoms. The van der Waals surface area contributed by atoms with Crippen LogP contribution in [0.2, 0.25) is 5.02 Å². The molecule has 3 aromatic rings. The maximum absolute atomic E-state index is 6.11. The maximum atomic E-state index is 6.11. The highest BCUT2D eigenvalue weighted by atomic mass is 35.5. The van der Waals surface area contributed by atoms with Gasteiger partial charge in [-0.3, -0.25) is 0 Å². The lowest BCUT2D eigenvalue weighted by atomic mass is 10.2. The average Bonchev–Trinajstić information content (AvgIpc) is 2.38. The van der Waals surface area contributed by atoms with Gasteiger partial charge >= 0.3 is 0 Å². The Kier molecular flexibility index (Phi) is 2.50. The molecule has 2 aromatic heterocycles. The zero-order chi connectivity index (χ0) is 12.7. The second-order valence-electron chi connectivity index (χ2n) is 3.90. The van der Waals surface area contributed by atoms with E-state index in [9.17, 15) is 0 Å². The van der Waals surface area contributed by atoms with Gasteiger partial charge in [-0.25, -0.2) is 15.0 Å². The molecule has 0 unspecified atom stereocenters. The van der Waals surface area contributed by atoms with Gasteiger partial charge in [-0.2, -0.15) is 0 Å². The van der Waals surface area contributed by atoms with Crippen LogP contribution in [-0.4, -0.2) is 15.0 Å². The molecule has 2 heterocycles. The number of benzene rings is 1. The van der Waals surface area contributed by atoms with E-state index >= 15 is 0 Å². The van der Waals surface area contributed by atoms with Crippen LogP contribution < -0.4 is 11.5 Å². The Morgan fingerprint density at radius 3 is 2.78 bits per heavy atom. The second kappa shape index (κ2) is 4.04. The number of pyridine rings is 1. The molecule has 3 rings (SSSR count). The zero-order valence-corrected chi connectivity index (χ0v) is 10.1. The van der Waals surface area contributed by atoms with Crippen LogP contribution in [0, 0.1) is 0 Å². The van der Waals surface area contributed by atoms with E-state index in [1.807, 2.05) is 18.2 Å². The molecule has 0 aliphatic rings. The first-order chi connectivity index (χ1) is 8.69. The van der Waals surface area contributed by atoms with E-state index < -0.39 is 0 Å². The van der Waals surface area contributed by atoms with Gasteiger partial charge in [0.1, 0.15) is 11.6 Å². The SMILES string of the molecule is NCc1nc(N)c2cc3cccc(Cl)c3nc2n1. The van der Waals surface area contributed by atoms with Crippen LogP contribution in [0.1, 0.15) is 5.82 Å². The molecule has 4 N–H and O–H groups in total. The minimum absolute atomic E-state index is 0.225. The van der Waals surface area contributed by atoms with E-state index in [4.69, 9.17) is 23.1 Å². The number of fused-ring (bicyclic) bond motifs is 2. The van der Waals surface area contributed by atoms with Gasteiger partial charge in [0.15, 0.2) is 5.65 Å². The summed E-state index contributed by atoms with van der Waals surface area (Å²) in [6, 6.07) is 7.46. The molecule has 1 aromatic carbocycles. The summed E-state index contributed by atoms with van der Waals surface area (Å²) in [7, 11) is 0. The number of para-hydroxylation sites is 1. The summed E-state index contributed by atoms with van der Waals surface area (Å²) in [5.41, 5.74) is 12.6. The highest BCUT2D eigenvalue weighted by Crippen LogP contribution is 2.26. The Balaban J connectivity index is 2.45. The standard InChI is InChI=1S/C12H10ClN5/c13-8-3-1-2-6-4-7-11(15)16-9(5-14)17-12(7)18-10(6)8/h1-4H,5,14H2,(H2,15,16,17,18). The van der Waals surface area contributed by atoms with Crippen molar-refractivity contribution in [2.75, 3.05) is 5.73 Å². The third kappa shape index (κ3) is 1.64. The molecule has 0 fully saturated rings. The van der Waals surface area contributed by atoms with Gasteiger partial charge in [0, 0.05) is 5.39 Å². The Morgan fingerprint density at radius 1 is 1.17 bits per heavy atom. The van der Waals surface area contributed by atoms with Gasteiger partial charge in [0.2, 0.25) is 0 Å². The van der Waals surface area contributed by atoms with Crippen molar-refractivity contribution in [3.63, 3.8) is 0 Å². The third-order valence-electron chi connectivity index (χ3n) is 2.72. The minimum Gasteiger partial charge on any atom is -0.383 e. The van der Waals surface area contributed by atoms with Gasteiger partial charge in [0.05, 0.1) is 22.5 Å². The molecular weight excluding hydrogens is 250 g/mol. The van der Waals surface area contributed by atoms with Crippen molar-refractivity contribution >= 4 is 39.4 Å². The van der Waals surface area contributed by atoms with Crippen LogP contribution in [0.3, 0.4) is 0 Å². The summed E-state index contributed by atoms with van der Waals surface area (Å²) < 4.78 is 0. The second-order valence-corrected chi connectivity index (χ2v) is 4.31. The zero-order valence-electron chi connectivity index (χ0n) is 9.39. The molecule has 0 amide bonds. The van der Waals surface area contributed by atoms with Crippen molar-refractivity contribution in [1.29, 1.82) is 0 Å². The number of nitrogens with zero attached hydrogens (tertiary/aromatic N) is 3. The largest absolute Gasteiger partial charge is 0.383 e. The van der Waals surface area contributed by atoms with Gasteiger partial charge in [0.25, 0.3) is 0 Å². The van der Waals surface area contributed by atoms with Crippen molar-refractivity contribution in [3.05, 3.63) is 35.1 Å². The molecule has 18 heavy (non-hydrogen) atoms. The minimum atomic E-state index is 0.225. The Bertz CT molecular complexity index is 756. The topological polar surface area (TPSA) is 90.7 Å². The number of hydrogen-bond acceptors (Lipinski definition) is 5. The Morgan fingerprint density at radius 2 is 2.00 bits per heavy atom. The van der Waals surface area contributed by atoms with Gasteiger partial charge in [-0.15, -0.1) is 0 Å². The molecule has 0 aliphatic carbocycles. The number of nitrogens with two attached hydrogens (primary N) is 2. The molecular formula is C12H10ClN5. The molecule has 6 heteroatoms. The van der Waals surface area contributed by atoms with E-state index in [0.717, 1.165) is 5.39 Å². The quantitative estimate of drug-likeness (QED) is 0.651. The maximum Gasteiger partial charge on any atom is 0.165 e. The number of aromatic nitrogens is 3. The lowest BCUT2D eigenvalue weighted by Gasteiger charge is -2.06. The predicted molar refractivity (Wildman–Crippen MR) is 72.2 cm³/mol. The molecule has 0 radical (unpaired) electrons. The Labute approximate surface area is 108 Å². The van der Waals surface area contributed by atoms with E-state index in [1.165, 1.54) is 0 Å². The van der Waals surface area contributed by atoms with Gasteiger partial charge in [-0.05, 0) is 12.1 Å². The summed E-state index contributed by atoms with van der Waals surface area (Å²) >= 11 is 6.11. The lowest BCUT2D eigenvalue weighted by molar-refractivity contribution is 0.926. The first kappa shape index (κ1) is 11.1. The number of rotatable bonds is 1. The van der Waals surface area contributed by atoms with Crippen molar-refractivity contribution in [3.8, 4) is 0 Å². The molecule has 0 bridgehead atoms. The molecule has 0 atom stereocenters. The highest BCUT2D eigenvalue weighted by molar-refractivity contribution is 6.35. The summed E-state index contributed by atoms with van der Waals surface area (Å²) in [6.45, 7) is 0.225. The van der Waals surface area contributed by atoms with Crippen molar-refractivity contribution in [2.24, 2.45) is 5.73 Å². The predicted octanol–water partition coefficient (Wildman–Crippen LogP) is 1.87. The monoisotopic (exact) mass is 259 g/mol. The van der Waals surface area contributed by atoms with Crippen LogP contribution in [0.15, 0.2) is 24.3 Å².